The van der Waals surface area contributed by atoms with Crippen LogP contribution in [0.1, 0.15) is 61.7 Å². The molecule has 10 heteroatoms. The van der Waals surface area contributed by atoms with Crippen molar-refractivity contribution in [2.75, 3.05) is 38.7 Å². The van der Waals surface area contributed by atoms with E-state index in [1.807, 2.05) is 20.8 Å². The summed E-state index contributed by atoms with van der Waals surface area (Å²) in [5.41, 5.74) is 1.65. The number of hydrogen-bond acceptors (Lipinski definition) is 7. The van der Waals surface area contributed by atoms with E-state index in [1.165, 1.54) is 12.0 Å². The van der Waals surface area contributed by atoms with Crippen LogP contribution in [0.4, 0.5) is 10.1 Å². The molecule has 3 rings (SSSR count). The Morgan fingerprint density at radius 3 is 2.38 bits per heavy atom. The number of benzene rings is 2. The monoisotopic (exact) mass is 515 g/mol. The number of carbonyl (C=O) groups is 2. The van der Waals surface area contributed by atoms with E-state index in [9.17, 15) is 9.59 Å². The number of rotatable bonds is 11. The second-order valence-corrected chi connectivity index (χ2v) is 9.65. The van der Waals surface area contributed by atoms with Crippen molar-refractivity contribution in [1.82, 2.24) is 4.90 Å². The van der Waals surface area contributed by atoms with Crippen molar-refractivity contribution in [2.24, 2.45) is 0 Å². The van der Waals surface area contributed by atoms with Gasteiger partial charge in [-0.05, 0) is 43.0 Å². The van der Waals surface area contributed by atoms with Crippen LogP contribution < -0.4 is 19.5 Å². The number of carboxylic acids is 1. The highest BCUT2D eigenvalue weighted by molar-refractivity contribution is 6.06. The molecule has 0 saturated heterocycles. The largest absolute Gasteiger partial charge is 0.494 e. The number of carbonyl (C=O) groups excluding carboxylic acids is 1. The predicted octanol–water partition coefficient (Wildman–Crippen LogP) is 4.45. The lowest BCUT2D eigenvalue weighted by Crippen LogP contribution is -2.31. The molecule has 1 aliphatic heterocycles. The molecule has 0 atom stereocenters. The first-order chi connectivity index (χ1) is 17.4. The lowest BCUT2D eigenvalue weighted by molar-refractivity contribution is -0.134. The molecule has 0 unspecified atom stereocenters. The molecule has 0 aromatic heterocycles. The summed E-state index contributed by atoms with van der Waals surface area (Å²) in [6.07, 6.45) is 0. The smallest absolute Gasteiger partial charge is 0.322 e. The molecule has 1 heterocycles. The van der Waals surface area contributed by atoms with Gasteiger partial charge in [0.05, 0.1) is 38.1 Å². The quantitative estimate of drug-likeness (QED) is 0.376. The van der Waals surface area contributed by atoms with Crippen LogP contribution in [0.5, 0.6) is 17.2 Å². The summed E-state index contributed by atoms with van der Waals surface area (Å²) in [5.74, 6) is -1.47. The molecule has 200 valence electrons. The van der Waals surface area contributed by atoms with E-state index in [0.29, 0.717) is 29.2 Å². The summed E-state index contributed by atoms with van der Waals surface area (Å²) in [5, 5.41) is 20.5. The van der Waals surface area contributed by atoms with Gasteiger partial charge in [0.1, 0.15) is 18.1 Å². The second-order valence-electron chi connectivity index (χ2n) is 9.65. The van der Waals surface area contributed by atoms with E-state index in [-0.39, 0.29) is 54.9 Å². The van der Waals surface area contributed by atoms with E-state index in [0.717, 1.165) is 5.56 Å². The summed E-state index contributed by atoms with van der Waals surface area (Å²) < 4.78 is 31.9. The van der Waals surface area contributed by atoms with Crippen LogP contribution in [0.3, 0.4) is 0 Å². The molecule has 1 aliphatic rings. The Morgan fingerprint density at radius 1 is 1.14 bits per heavy atom. The number of fused-ring (bicyclic) bond motifs is 1. The maximum absolute atomic E-state index is 15.4. The average Bonchev–Trinajstić information content (AvgIpc) is 3.13. The highest BCUT2D eigenvalue weighted by Gasteiger charge is 2.33. The number of ether oxygens (including phenoxy) is 3. The molecule has 37 heavy (non-hydrogen) atoms. The van der Waals surface area contributed by atoms with Gasteiger partial charge in [0.25, 0.3) is 0 Å². The fourth-order valence-electron chi connectivity index (χ4n) is 4.29. The fourth-order valence-corrected chi connectivity index (χ4v) is 4.29. The summed E-state index contributed by atoms with van der Waals surface area (Å²) in [6, 6.07) is 4.93. The van der Waals surface area contributed by atoms with Gasteiger partial charge in [-0.2, -0.15) is 0 Å². The maximum Gasteiger partial charge on any atom is 0.322 e. The minimum Gasteiger partial charge on any atom is -0.494 e. The molecule has 2 aromatic rings. The Hall–Kier alpha value is -3.82. The lowest BCUT2D eigenvalue weighted by Gasteiger charge is -2.25. The second kappa shape index (κ2) is 11.1. The molecule has 2 aromatic carbocycles. The fraction of sp³-hybridized carbons (Fsp3) is 0.444. The van der Waals surface area contributed by atoms with Crippen molar-refractivity contribution in [1.29, 1.82) is 5.41 Å². The minimum atomic E-state index is -1.06. The van der Waals surface area contributed by atoms with Gasteiger partial charge in [-0.25, -0.2) is 4.39 Å². The highest BCUT2D eigenvalue weighted by Crippen LogP contribution is 2.40. The standard InChI is InChI=1S/C27H34FN3O6/c1-7-36-20-11-16-13-31(26(29)22(16)23(28)25(20)37-8-2)14-19(32)15-9-17(27(3,4)5)24(35-6)18(10-15)30-12-21(33)34/h9-11,29-30H,7-8,12-14H2,1-6H3,(H,33,34). The van der Waals surface area contributed by atoms with Crippen molar-refractivity contribution in [3.8, 4) is 17.2 Å². The van der Waals surface area contributed by atoms with Gasteiger partial charge >= 0.3 is 5.97 Å². The highest BCUT2D eigenvalue weighted by atomic mass is 19.1. The molecule has 0 bridgehead atoms. The third kappa shape index (κ3) is 5.79. The Bertz CT molecular complexity index is 1220. The average molecular weight is 516 g/mol. The Labute approximate surface area is 216 Å². The Kier molecular flexibility index (Phi) is 8.30. The summed E-state index contributed by atoms with van der Waals surface area (Å²) in [4.78, 5) is 26.1. The Balaban J connectivity index is 1.95. The van der Waals surface area contributed by atoms with Gasteiger partial charge in [-0.1, -0.05) is 20.8 Å². The number of ketones is 1. The van der Waals surface area contributed by atoms with Crippen LogP contribution in [0.2, 0.25) is 0 Å². The lowest BCUT2D eigenvalue weighted by atomic mass is 9.84. The van der Waals surface area contributed by atoms with Gasteiger partial charge in [0.2, 0.25) is 0 Å². The molecular formula is C27H34FN3O6. The zero-order chi connectivity index (χ0) is 27.5. The zero-order valence-corrected chi connectivity index (χ0v) is 22.1. The molecule has 0 radical (unpaired) electrons. The number of anilines is 1. The van der Waals surface area contributed by atoms with Gasteiger partial charge in [0, 0.05) is 17.7 Å². The van der Waals surface area contributed by atoms with Gasteiger partial charge in [-0.15, -0.1) is 0 Å². The van der Waals surface area contributed by atoms with Crippen molar-refractivity contribution < 1.29 is 33.3 Å². The summed E-state index contributed by atoms with van der Waals surface area (Å²) in [6.45, 7) is 9.59. The first-order valence-corrected chi connectivity index (χ1v) is 12.1. The van der Waals surface area contributed by atoms with Crippen LogP contribution in [-0.2, 0) is 16.8 Å². The van der Waals surface area contributed by atoms with Crippen LogP contribution >= 0.6 is 0 Å². The van der Waals surface area contributed by atoms with E-state index in [2.05, 4.69) is 5.32 Å². The SMILES string of the molecule is CCOc1cc2c(c(F)c1OCC)C(=N)N(CC(=O)c1cc(NCC(=O)O)c(OC)c(C(C)(C)C)c1)C2. The van der Waals surface area contributed by atoms with Gasteiger partial charge in [0.15, 0.2) is 23.1 Å². The molecule has 9 nitrogen and oxygen atoms in total. The number of halogens is 1. The maximum atomic E-state index is 15.4. The number of aliphatic carboxylic acids is 1. The van der Waals surface area contributed by atoms with E-state index < -0.39 is 17.2 Å². The van der Waals surface area contributed by atoms with Crippen molar-refractivity contribution >= 4 is 23.3 Å². The van der Waals surface area contributed by atoms with Gasteiger partial charge < -0.3 is 29.5 Å². The zero-order valence-electron chi connectivity index (χ0n) is 22.1. The van der Waals surface area contributed by atoms with Crippen molar-refractivity contribution in [2.45, 2.75) is 46.6 Å². The first kappa shape index (κ1) is 27.8. The molecule has 3 N–H and O–H groups in total. The third-order valence-electron chi connectivity index (χ3n) is 5.96. The summed E-state index contributed by atoms with van der Waals surface area (Å²) in [7, 11) is 1.49. The normalized spacial score (nSPS) is 12.8. The third-order valence-corrected chi connectivity index (χ3v) is 5.96. The van der Waals surface area contributed by atoms with E-state index in [1.54, 1.807) is 32.0 Å². The van der Waals surface area contributed by atoms with Crippen molar-refractivity contribution in [3.63, 3.8) is 0 Å². The molecular weight excluding hydrogens is 481 g/mol. The number of nitrogens with zero attached hydrogens (tertiary/aromatic N) is 1. The number of amidine groups is 1. The minimum absolute atomic E-state index is 0.0415. The number of hydrogen-bond donors (Lipinski definition) is 3. The molecule has 0 aliphatic carbocycles. The number of carboxylic acid groups (broad SMARTS) is 1. The van der Waals surface area contributed by atoms with Gasteiger partial charge in [-0.3, -0.25) is 15.0 Å². The van der Waals surface area contributed by atoms with Crippen molar-refractivity contribution in [3.05, 3.63) is 46.3 Å². The topological polar surface area (TPSA) is 121 Å². The first-order valence-electron chi connectivity index (χ1n) is 12.1. The molecule has 0 saturated carbocycles. The van der Waals surface area contributed by atoms with Crippen LogP contribution in [-0.4, -0.2) is 61.0 Å². The summed E-state index contributed by atoms with van der Waals surface area (Å²) >= 11 is 0. The van der Waals surface area contributed by atoms with Crippen LogP contribution in [0, 0.1) is 11.2 Å². The molecule has 0 spiro atoms. The van der Waals surface area contributed by atoms with E-state index in [4.69, 9.17) is 24.7 Å². The van der Waals surface area contributed by atoms with E-state index >= 15 is 4.39 Å². The number of Topliss-reactive ketones (excluding diaryl/α,β-unsaturated/α-hetero) is 1. The molecule has 0 fully saturated rings. The Morgan fingerprint density at radius 2 is 1.81 bits per heavy atom. The number of nitrogens with one attached hydrogen (secondary N) is 2. The van der Waals surface area contributed by atoms with Crippen LogP contribution in [0.15, 0.2) is 18.2 Å². The predicted molar refractivity (Wildman–Crippen MR) is 138 cm³/mol. The van der Waals surface area contributed by atoms with Crippen LogP contribution in [0.25, 0.3) is 0 Å². The molecule has 0 amide bonds. The number of methoxy groups -OCH3 is 1.